The van der Waals surface area contributed by atoms with Gasteiger partial charge in [-0.1, -0.05) is 54.4 Å². The van der Waals surface area contributed by atoms with E-state index in [0.29, 0.717) is 19.3 Å². The maximum absolute atomic E-state index is 12.5. The van der Waals surface area contributed by atoms with Crippen LogP contribution in [0.5, 0.6) is 0 Å². The Morgan fingerprint density at radius 1 is 1.21 bits per heavy atom. The van der Waals surface area contributed by atoms with Crippen molar-refractivity contribution in [2.45, 2.75) is 45.6 Å². The summed E-state index contributed by atoms with van der Waals surface area (Å²) in [6.45, 7) is 3.78. The van der Waals surface area contributed by atoms with Crippen LogP contribution in [0.25, 0.3) is 5.57 Å². The largest absolute Gasteiger partial charge is 0.466 e. The first-order valence-corrected chi connectivity index (χ1v) is 11.5. The molecule has 2 N–H and O–H groups in total. The van der Waals surface area contributed by atoms with Gasteiger partial charge in [-0.15, -0.1) is 0 Å². The summed E-state index contributed by atoms with van der Waals surface area (Å²) in [7, 11) is 0. The number of aromatic nitrogens is 1. The fourth-order valence-corrected chi connectivity index (χ4v) is 4.13. The molecule has 0 saturated heterocycles. The average Bonchev–Trinajstić information content (AvgIpc) is 3.22. The molecule has 0 unspecified atom stereocenters. The smallest absolute Gasteiger partial charge is 0.308 e. The molecule has 1 heterocycles. The second-order valence-corrected chi connectivity index (χ2v) is 8.89. The topological polar surface area (TPSA) is 101 Å². The minimum Gasteiger partial charge on any atom is -0.466 e. The summed E-state index contributed by atoms with van der Waals surface area (Å²) in [6, 6.07) is 8.50. The van der Waals surface area contributed by atoms with Gasteiger partial charge in [0, 0.05) is 16.1 Å². The molecule has 2 aromatic rings. The Balaban J connectivity index is 1.76. The quantitative estimate of drug-likeness (QED) is 0.491. The van der Waals surface area contributed by atoms with Crippen molar-refractivity contribution in [3.8, 4) is 0 Å². The summed E-state index contributed by atoms with van der Waals surface area (Å²) in [5, 5.41) is 6.50. The Hall–Kier alpha value is -2.77. The molecule has 1 amide bonds. The van der Waals surface area contributed by atoms with Gasteiger partial charge in [0.2, 0.25) is 5.76 Å². The average molecular weight is 493 g/mol. The van der Waals surface area contributed by atoms with Crippen LogP contribution in [0.2, 0.25) is 0 Å². The Morgan fingerprint density at radius 2 is 1.94 bits per heavy atom. The number of allylic oxidation sites excluding steroid dienone is 4. The van der Waals surface area contributed by atoms with Gasteiger partial charge in [-0.3, -0.25) is 14.4 Å². The van der Waals surface area contributed by atoms with E-state index in [1.54, 1.807) is 13.8 Å². The lowest BCUT2D eigenvalue weighted by atomic mass is 9.94. The molecule has 1 aromatic carbocycles. The molecule has 0 bridgehead atoms. The summed E-state index contributed by atoms with van der Waals surface area (Å²) in [5.74, 6) is -1.41. The number of nitrogens with one attached hydrogen (secondary N) is 2. The van der Waals surface area contributed by atoms with Crippen molar-refractivity contribution in [2.24, 2.45) is 5.92 Å². The first-order chi connectivity index (χ1) is 15.8. The lowest BCUT2D eigenvalue weighted by Crippen LogP contribution is -2.38. The number of carbonyl (C=O) groups is 2. The van der Waals surface area contributed by atoms with Crippen LogP contribution in [0.3, 0.4) is 0 Å². The van der Waals surface area contributed by atoms with Gasteiger partial charge in [0.15, 0.2) is 0 Å². The predicted octanol–water partition coefficient (Wildman–Crippen LogP) is 4.76. The first-order valence-electron chi connectivity index (χ1n) is 10.8. The third kappa shape index (κ3) is 6.85. The summed E-state index contributed by atoms with van der Waals surface area (Å²) < 4.78 is 9.99. The van der Waals surface area contributed by atoms with Crippen LogP contribution in [0.15, 0.2) is 55.8 Å². The zero-order valence-electron chi connectivity index (χ0n) is 18.5. The molecule has 3 rings (SSSR count). The first kappa shape index (κ1) is 24.9. The molecule has 2 atom stereocenters. The number of benzene rings is 1. The molecule has 176 valence electrons. The van der Waals surface area contributed by atoms with Crippen molar-refractivity contribution in [1.29, 1.82) is 0 Å². The van der Waals surface area contributed by atoms with Crippen LogP contribution in [-0.4, -0.2) is 29.7 Å². The van der Waals surface area contributed by atoms with Crippen molar-refractivity contribution in [3.05, 3.63) is 73.7 Å². The molecular weight excluding hydrogens is 467 g/mol. The lowest BCUT2D eigenvalue weighted by molar-refractivity contribution is -0.147. The fourth-order valence-electron chi connectivity index (χ4n) is 3.67. The molecule has 1 aliphatic carbocycles. The van der Waals surface area contributed by atoms with Gasteiger partial charge in [-0.2, -0.15) is 5.16 Å². The molecule has 1 aromatic heterocycles. The van der Waals surface area contributed by atoms with Crippen LogP contribution in [0.1, 0.15) is 54.8 Å². The second-order valence-electron chi connectivity index (χ2n) is 7.95. The third-order valence-electron chi connectivity index (χ3n) is 5.33. The molecular formula is C24H26Cl2N2O5. The molecule has 0 fully saturated rings. The van der Waals surface area contributed by atoms with Gasteiger partial charge < -0.3 is 14.6 Å². The van der Waals surface area contributed by atoms with Crippen LogP contribution in [-0.2, 0) is 16.0 Å². The highest BCUT2D eigenvalue weighted by Crippen LogP contribution is 2.34. The molecule has 7 nitrogen and oxygen atoms in total. The third-order valence-corrected chi connectivity index (χ3v) is 6.02. The van der Waals surface area contributed by atoms with E-state index in [4.69, 9.17) is 32.5 Å². The zero-order valence-corrected chi connectivity index (χ0v) is 20.0. The Bertz CT molecular complexity index is 1110. The minimum absolute atomic E-state index is 0.119. The summed E-state index contributed by atoms with van der Waals surface area (Å²) >= 11 is 12.6. The number of rotatable bonds is 9. The molecule has 33 heavy (non-hydrogen) atoms. The number of hydrogen-bond donors (Lipinski definition) is 2. The van der Waals surface area contributed by atoms with Crippen molar-refractivity contribution in [2.75, 3.05) is 6.61 Å². The zero-order chi connectivity index (χ0) is 24.0. The van der Waals surface area contributed by atoms with E-state index in [-0.39, 0.29) is 18.3 Å². The maximum atomic E-state index is 12.5. The fraction of sp³-hybridized carbons (Fsp3) is 0.375. The molecule has 0 radical (unpaired) electrons. The minimum atomic E-state index is -0.537. The molecule has 1 aliphatic rings. The van der Waals surface area contributed by atoms with Crippen LogP contribution in [0.4, 0.5) is 0 Å². The van der Waals surface area contributed by atoms with E-state index < -0.39 is 23.4 Å². The highest BCUT2D eigenvalue weighted by Gasteiger charge is 2.24. The lowest BCUT2D eigenvalue weighted by Gasteiger charge is -2.21. The van der Waals surface area contributed by atoms with E-state index in [1.807, 2.05) is 30.3 Å². The van der Waals surface area contributed by atoms with Gasteiger partial charge >= 0.3 is 5.97 Å². The number of halogens is 2. The summed E-state index contributed by atoms with van der Waals surface area (Å²) in [5.41, 5.74) is 2.31. The van der Waals surface area contributed by atoms with Gasteiger partial charge in [0.05, 0.1) is 18.6 Å². The van der Waals surface area contributed by atoms with E-state index in [1.165, 1.54) is 0 Å². The normalized spacial score (nSPS) is 15.6. The van der Waals surface area contributed by atoms with Crippen LogP contribution < -0.4 is 10.9 Å². The number of amides is 1. The van der Waals surface area contributed by atoms with E-state index in [9.17, 15) is 14.4 Å². The monoisotopic (exact) mass is 492 g/mol. The molecule has 0 spiro atoms. The second kappa shape index (κ2) is 11.4. The standard InChI is InChI=1S/C24H26Cl2N2O5/c1-3-32-24(31)14(2)10-18(27-23(30)21-13-22(29)28-33-21)11-15-4-6-16(7-5-15)19-12-17(25)8-9-20(19)26/h4-7,12-14,18H,3,8-11H2,1-2H3,(H,27,30)(H,28,29)/t14-,18+/m1/s1. The van der Waals surface area contributed by atoms with Gasteiger partial charge in [0.1, 0.15) is 0 Å². The van der Waals surface area contributed by atoms with Crippen molar-refractivity contribution in [3.63, 3.8) is 0 Å². The van der Waals surface area contributed by atoms with Gasteiger partial charge in [-0.05, 0) is 55.4 Å². The number of H-pyrrole nitrogens is 1. The number of carbonyl (C=O) groups excluding carboxylic acids is 2. The van der Waals surface area contributed by atoms with Crippen molar-refractivity contribution in [1.82, 2.24) is 10.5 Å². The van der Waals surface area contributed by atoms with Crippen LogP contribution in [0, 0.1) is 5.92 Å². The summed E-state index contributed by atoms with van der Waals surface area (Å²) in [6.07, 6.45) is 4.16. The van der Waals surface area contributed by atoms with Crippen LogP contribution >= 0.6 is 23.2 Å². The Kier molecular flexibility index (Phi) is 8.58. The SMILES string of the molecule is CCOC(=O)[C@H](C)C[C@@H](Cc1ccc(C2=C(Cl)CCC(Cl)=C2)cc1)NC(=O)c1cc(=O)[nH]o1. The van der Waals surface area contributed by atoms with E-state index >= 15 is 0 Å². The Labute approximate surface area is 201 Å². The predicted molar refractivity (Wildman–Crippen MR) is 127 cm³/mol. The Morgan fingerprint density at radius 3 is 2.58 bits per heavy atom. The number of ether oxygens (including phenoxy) is 1. The van der Waals surface area contributed by atoms with Gasteiger partial charge in [-0.25, -0.2) is 0 Å². The summed E-state index contributed by atoms with van der Waals surface area (Å²) in [4.78, 5) is 36.0. The highest BCUT2D eigenvalue weighted by molar-refractivity contribution is 6.35. The van der Waals surface area contributed by atoms with Gasteiger partial charge in [0.25, 0.3) is 11.5 Å². The molecule has 9 heteroatoms. The van der Waals surface area contributed by atoms with E-state index in [2.05, 4.69) is 10.5 Å². The van der Waals surface area contributed by atoms with E-state index in [0.717, 1.165) is 39.3 Å². The van der Waals surface area contributed by atoms with Crippen molar-refractivity contribution < 1.29 is 18.8 Å². The number of hydrogen-bond acceptors (Lipinski definition) is 5. The van der Waals surface area contributed by atoms with Crippen molar-refractivity contribution >= 4 is 40.7 Å². The molecule has 0 saturated carbocycles. The maximum Gasteiger partial charge on any atom is 0.308 e. The highest BCUT2D eigenvalue weighted by atomic mass is 35.5. The number of esters is 1. The number of aromatic amines is 1. The molecule has 0 aliphatic heterocycles.